The van der Waals surface area contributed by atoms with Gasteiger partial charge in [0.25, 0.3) is 0 Å². The molecule has 13 heteroatoms. The van der Waals surface area contributed by atoms with Gasteiger partial charge in [0.1, 0.15) is 26.4 Å². The molecule has 0 amide bonds. The van der Waals surface area contributed by atoms with Gasteiger partial charge in [0.2, 0.25) is 0 Å². The highest BCUT2D eigenvalue weighted by molar-refractivity contribution is 5.74. The van der Waals surface area contributed by atoms with Crippen molar-refractivity contribution in [2.45, 2.75) is 194 Å². The van der Waals surface area contributed by atoms with E-state index >= 15 is 0 Å². The molecule has 0 aromatic rings. The Morgan fingerprint density at radius 3 is 0.857 bits per heavy atom. The van der Waals surface area contributed by atoms with Crippen molar-refractivity contribution in [3.05, 3.63) is 0 Å². The summed E-state index contributed by atoms with van der Waals surface area (Å²) in [6, 6.07) is 0. The number of rotatable bonds is 26. The Kier molecular flexibility index (Phi) is 24.4. The molecule has 0 unspecified atom stereocenters. The summed E-state index contributed by atoms with van der Waals surface area (Å²) in [6.45, 7) is 9.34. The highest BCUT2D eigenvalue weighted by atomic mass is 16.6. The average Bonchev–Trinajstić information content (AvgIpc) is 3.32. The number of hydrogen-bond donors (Lipinski definition) is 1. The number of hydrogen-bond acceptors (Lipinski definition) is 12. The Bertz CT molecular complexity index is 1190. The van der Waals surface area contributed by atoms with E-state index < -0.39 is 24.1 Å². The third-order valence-electron chi connectivity index (χ3n) is 14.9. The summed E-state index contributed by atoms with van der Waals surface area (Å²) in [5, 5.41) is 2.02. The van der Waals surface area contributed by atoms with Gasteiger partial charge in [-0.05, 0) is 126 Å². The number of carbonyl (C=O) groups is 6. The van der Waals surface area contributed by atoms with E-state index in [9.17, 15) is 28.8 Å². The number of carbonyl (C=O) groups excluding carboxylic acids is 6. The fourth-order valence-electron chi connectivity index (χ4n) is 10.0. The van der Waals surface area contributed by atoms with Crippen molar-refractivity contribution in [2.24, 2.45) is 47.3 Å². The third kappa shape index (κ3) is 19.4. The van der Waals surface area contributed by atoms with Gasteiger partial charge in [-0.1, -0.05) is 53.4 Å². The second kappa shape index (κ2) is 29.3. The maximum atomic E-state index is 12.9. The van der Waals surface area contributed by atoms with E-state index in [1.54, 1.807) is 0 Å². The normalized spacial score (nSPS) is 27.2. The van der Waals surface area contributed by atoms with Gasteiger partial charge in [0.15, 0.2) is 12.2 Å². The molecule has 4 rings (SSSR count). The largest absolute Gasteiger partial charge is 0.461 e. The Labute approximate surface area is 378 Å². The first-order valence-corrected chi connectivity index (χ1v) is 25.4. The van der Waals surface area contributed by atoms with Gasteiger partial charge in [-0.25, -0.2) is 0 Å². The molecule has 0 heterocycles. The zero-order chi connectivity index (χ0) is 45.4. The first-order chi connectivity index (χ1) is 30.5. The van der Waals surface area contributed by atoms with Crippen LogP contribution in [0.5, 0.6) is 0 Å². The molecule has 4 saturated carbocycles. The third-order valence-corrected chi connectivity index (χ3v) is 14.9. The fraction of sp³-hybridized carbons (Fsp3) is 0.880. The maximum Gasteiger partial charge on any atom is 0.309 e. The van der Waals surface area contributed by atoms with Gasteiger partial charge < -0.3 is 33.7 Å². The van der Waals surface area contributed by atoms with E-state index in [0.717, 1.165) is 128 Å². The van der Waals surface area contributed by atoms with E-state index in [1.165, 1.54) is 0 Å². The summed E-state index contributed by atoms with van der Waals surface area (Å²) in [5.41, 5.74) is 0. The molecule has 0 radical (unpaired) electrons. The molecule has 0 bridgehead atoms. The minimum atomic E-state index is -0.878. The van der Waals surface area contributed by atoms with Crippen LogP contribution in [0.25, 0.3) is 0 Å². The first kappa shape index (κ1) is 52.4. The Hall–Kier alpha value is -3.22. The molecule has 0 atom stereocenters. The van der Waals surface area contributed by atoms with Gasteiger partial charge >= 0.3 is 35.8 Å². The van der Waals surface area contributed by atoms with Gasteiger partial charge in [-0.15, -0.1) is 0 Å². The lowest BCUT2D eigenvalue weighted by atomic mass is 9.81. The molecule has 4 fully saturated rings. The van der Waals surface area contributed by atoms with Gasteiger partial charge in [-0.2, -0.15) is 0 Å². The topological polar surface area (TPSA) is 174 Å². The van der Waals surface area contributed by atoms with Crippen LogP contribution in [-0.2, 0) is 57.2 Å². The van der Waals surface area contributed by atoms with Crippen LogP contribution in [-0.4, -0.2) is 87.5 Å². The summed E-state index contributed by atoms with van der Waals surface area (Å²) < 4.78 is 34.0. The highest BCUT2D eigenvalue weighted by Gasteiger charge is 2.32. The van der Waals surface area contributed by atoms with Gasteiger partial charge in [-0.3, -0.25) is 28.8 Å². The minimum Gasteiger partial charge on any atom is -0.461 e. The monoisotopic (exact) mass is 891 g/mol. The molecule has 0 aromatic heterocycles. The van der Waals surface area contributed by atoms with E-state index in [2.05, 4.69) is 27.7 Å². The molecule has 0 aromatic carbocycles. The molecule has 4 aliphatic carbocycles. The van der Waals surface area contributed by atoms with Crippen molar-refractivity contribution >= 4 is 35.8 Å². The Morgan fingerprint density at radius 1 is 0.397 bits per heavy atom. The summed E-state index contributed by atoms with van der Waals surface area (Å²) in [7, 11) is 0. The molecular formula is C50H84NO12+. The van der Waals surface area contributed by atoms with E-state index in [4.69, 9.17) is 28.4 Å². The van der Waals surface area contributed by atoms with Crippen molar-refractivity contribution in [1.82, 2.24) is 0 Å². The van der Waals surface area contributed by atoms with Gasteiger partial charge in [0, 0.05) is 12.8 Å². The van der Waals surface area contributed by atoms with Crippen LogP contribution in [0.15, 0.2) is 0 Å². The fourth-order valence-corrected chi connectivity index (χ4v) is 10.0. The highest BCUT2D eigenvalue weighted by Crippen LogP contribution is 2.34. The lowest BCUT2D eigenvalue weighted by Crippen LogP contribution is -2.84. The van der Waals surface area contributed by atoms with Crippen LogP contribution in [0, 0.1) is 47.3 Å². The van der Waals surface area contributed by atoms with Crippen molar-refractivity contribution in [2.75, 3.05) is 39.5 Å². The van der Waals surface area contributed by atoms with E-state index in [1.807, 2.05) is 5.32 Å². The SMILES string of the molecule is CCC1CCC(C(=O)OCC(COC(=O)C2CCC(CC)CC2)OC(=O)CCC[NH2+]CCCC(=O)OC(COC(=O)C2CCC(CC)CC2)COC(=O)C2CCC(CC)CC2)CC1. The zero-order valence-electron chi connectivity index (χ0n) is 39.5. The summed E-state index contributed by atoms with van der Waals surface area (Å²) >= 11 is 0. The van der Waals surface area contributed by atoms with Crippen molar-refractivity contribution in [3.63, 3.8) is 0 Å². The Morgan fingerprint density at radius 2 is 0.635 bits per heavy atom. The predicted octanol–water partition coefficient (Wildman–Crippen LogP) is 7.97. The molecule has 360 valence electrons. The second-order valence-corrected chi connectivity index (χ2v) is 19.3. The van der Waals surface area contributed by atoms with Crippen molar-refractivity contribution in [3.8, 4) is 0 Å². The smallest absolute Gasteiger partial charge is 0.309 e. The van der Waals surface area contributed by atoms with Crippen molar-refractivity contribution in [1.29, 1.82) is 0 Å². The molecule has 4 aliphatic rings. The Balaban J connectivity index is 1.16. The van der Waals surface area contributed by atoms with Crippen molar-refractivity contribution < 1.29 is 62.5 Å². The van der Waals surface area contributed by atoms with E-state index in [-0.39, 0.29) is 86.8 Å². The van der Waals surface area contributed by atoms with Crippen LogP contribution in [0.4, 0.5) is 0 Å². The number of ether oxygens (including phenoxy) is 6. The number of esters is 6. The summed E-state index contributed by atoms with van der Waals surface area (Å²) in [4.78, 5) is 77.6. The number of quaternary nitrogens is 1. The lowest BCUT2D eigenvalue weighted by Gasteiger charge is -2.28. The molecule has 0 spiro atoms. The molecule has 0 saturated heterocycles. The molecule has 0 aliphatic heterocycles. The van der Waals surface area contributed by atoms with E-state index in [0.29, 0.717) is 49.6 Å². The van der Waals surface area contributed by atoms with Crippen LogP contribution in [0.2, 0.25) is 0 Å². The quantitative estimate of drug-likeness (QED) is 0.0505. The molecule has 13 nitrogen and oxygen atoms in total. The summed E-state index contributed by atoms with van der Waals surface area (Å²) in [6.07, 6.45) is 18.4. The zero-order valence-corrected chi connectivity index (χ0v) is 39.5. The second-order valence-electron chi connectivity index (χ2n) is 19.3. The maximum absolute atomic E-state index is 12.9. The standard InChI is InChI=1S/C50H83NO12/c1-5-35-13-21-39(22-14-35)47(54)58-31-43(32-59-48(55)40-23-15-36(6-2)16-24-40)62-45(52)11-9-29-51-30-10-12-46(53)63-44(33-60-49(56)41-25-17-37(7-3)18-26-41)34-61-50(57)42-27-19-38(8-4)20-28-42/h35-44,51H,5-34H2,1-4H3/p+1. The van der Waals surface area contributed by atoms with Crippen LogP contribution < -0.4 is 5.32 Å². The lowest BCUT2D eigenvalue weighted by molar-refractivity contribution is -0.655. The van der Waals surface area contributed by atoms with Crippen LogP contribution in [0.1, 0.15) is 182 Å². The first-order valence-electron chi connectivity index (χ1n) is 25.4. The summed E-state index contributed by atoms with van der Waals surface area (Å²) in [5.74, 6) is -0.0816. The van der Waals surface area contributed by atoms with Gasteiger partial charge in [0.05, 0.1) is 49.6 Å². The molecule has 2 N–H and O–H groups in total. The van der Waals surface area contributed by atoms with Crippen LogP contribution >= 0.6 is 0 Å². The van der Waals surface area contributed by atoms with Crippen LogP contribution in [0.3, 0.4) is 0 Å². The number of nitrogens with two attached hydrogens (primary N) is 1. The molecule has 63 heavy (non-hydrogen) atoms. The molecular weight excluding hydrogens is 807 g/mol. The average molecular weight is 891 g/mol. The minimum absolute atomic E-state index is 0.137. The predicted molar refractivity (Wildman–Crippen MR) is 237 cm³/mol.